The van der Waals surface area contributed by atoms with Gasteiger partial charge in [0.25, 0.3) is 5.69 Å². The lowest BCUT2D eigenvalue weighted by Gasteiger charge is -2.17. The highest BCUT2D eigenvalue weighted by molar-refractivity contribution is 6.32. The van der Waals surface area contributed by atoms with E-state index in [2.05, 4.69) is 5.32 Å². The number of benzene rings is 2. The molecule has 0 aliphatic carbocycles. The molecule has 0 saturated heterocycles. The highest BCUT2D eigenvalue weighted by atomic mass is 35.5. The van der Waals surface area contributed by atoms with Crippen molar-refractivity contribution in [1.29, 1.82) is 0 Å². The second kappa shape index (κ2) is 8.62. The van der Waals surface area contributed by atoms with Crippen molar-refractivity contribution in [2.24, 2.45) is 0 Å². The molecule has 5 nitrogen and oxygen atoms in total. The Labute approximate surface area is 140 Å². The molecular weight excluding hydrogens is 316 g/mol. The van der Waals surface area contributed by atoms with E-state index in [0.717, 1.165) is 11.1 Å². The van der Waals surface area contributed by atoms with Gasteiger partial charge in [0, 0.05) is 25.8 Å². The minimum atomic E-state index is -0.482. The van der Waals surface area contributed by atoms with Gasteiger partial charge < -0.3 is 10.4 Å². The summed E-state index contributed by atoms with van der Waals surface area (Å²) in [7, 11) is 0. The molecule has 1 unspecified atom stereocenters. The number of aliphatic hydroxyl groups excluding tert-OH is 1. The first kappa shape index (κ1) is 17.4. The second-order valence-electron chi connectivity index (χ2n) is 5.29. The third kappa shape index (κ3) is 5.03. The van der Waals surface area contributed by atoms with Crippen molar-refractivity contribution >= 4 is 17.3 Å². The highest BCUT2D eigenvalue weighted by Crippen LogP contribution is 2.25. The summed E-state index contributed by atoms with van der Waals surface area (Å²) in [6.07, 6.45) is 0.664. The standard InChI is InChI=1S/C17H19ClN2O3/c18-16-7-6-13(10-17(16)20(22)23)11-19-12-15(8-9-21)14-4-2-1-3-5-14/h1-7,10,15,19,21H,8-9,11-12H2. The normalized spacial score (nSPS) is 12.1. The third-order valence-electron chi connectivity index (χ3n) is 3.68. The van der Waals surface area contributed by atoms with Gasteiger partial charge in [-0.1, -0.05) is 48.0 Å². The quantitative estimate of drug-likeness (QED) is 0.572. The summed E-state index contributed by atoms with van der Waals surface area (Å²) in [6.45, 7) is 1.31. The summed E-state index contributed by atoms with van der Waals surface area (Å²) in [6, 6.07) is 14.8. The van der Waals surface area contributed by atoms with Crippen LogP contribution in [-0.2, 0) is 6.54 Å². The molecular formula is C17H19ClN2O3. The molecule has 0 aromatic heterocycles. The predicted octanol–water partition coefficient (Wildman–Crippen LogP) is 3.50. The summed E-state index contributed by atoms with van der Waals surface area (Å²) in [4.78, 5) is 10.4. The van der Waals surface area contributed by atoms with Gasteiger partial charge >= 0.3 is 0 Å². The fourth-order valence-corrected chi connectivity index (χ4v) is 2.65. The lowest BCUT2D eigenvalue weighted by Crippen LogP contribution is -2.22. The fourth-order valence-electron chi connectivity index (χ4n) is 2.47. The zero-order chi connectivity index (χ0) is 16.7. The van der Waals surface area contributed by atoms with Crippen LogP contribution in [0, 0.1) is 10.1 Å². The van der Waals surface area contributed by atoms with Crippen LogP contribution >= 0.6 is 11.6 Å². The first-order valence-electron chi connectivity index (χ1n) is 7.41. The van der Waals surface area contributed by atoms with Crippen LogP contribution in [0.25, 0.3) is 0 Å². The Balaban J connectivity index is 1.97. The van der Waals surface area contributed by atoms with Gasteiger partial charge in [-0.05, 0) is 29.5 Å². The number of rotatable bonds is 8. The van der Waals surface area contributed by atoms with E-state index in [0.29, 0.717) is 19.5 Å². The van der Waals surface area contributed by atoms with E-state index >= 15 is 0 Å². The molecule has 2 aromatic rings. The van der Waals surface area contributed by atoms with Gasteiger partial charge in [-0.3, -0.25) is 10.1 Å². The molecule has 0 bridgehead atoms. The Kier molecular flexibility index (Phi) is 6.52. The summed E-state index contributed by atoms with van der Waals surface area (Å²) in [5.74, 6) is 0.198. The number of nitro benzene ring substituents is 1. The Bertz CT molecular complexity index is 650. The van der Waals surface area contributed by atoms with Crippen LogP contribution in [0.2, 0.25) is 5.02 Å². The van der Waals surface area contributed by atoms with E-state index < -0.39 is 4.92 Å². The zero-order valence-electron chi connectivity index (χ0n) is 12.6. The molecule has 23 heavy (non-hydrogen) atoms. The highest BCUT2D eigenvalue weighted by Gasteiger charge is 2.14. The van der Waals surface area contributed by atoms with E-state index in [9.17, 15) is 15.2 Å². The average Bonchev–Trinajstić information content (AvgIpc) is 2.56. The van der Waals surface area contributed by atoms with Crippen LogP contribution in [0.1, 0.15) is 23.5 Å². The van der Waals surface area contributed by atoms with Crippen molar-refractivity contribution in [2.45, 2.75) is 18.9 Å². The van der Waals surface area contributed by atoms with Crippen molar-refractivity contribution in [3.8, 4) is 0 Å². The van der Waals surface area contributed by atoms with Crippen LogP contribution < -0.4 is 5.32 Å². The molecule has 122 valence electrons. The minimum Gasteiger partial charge on any atom is -0.396 e. The molecule has 0 spiro atoms. The maximum absolute atomic E-state index is 10.9. The van der Waals surface area contributed by atoms with Crippen LogP contribution in [0.5, 0.6) is 0 Å². The number of hydrogen-bond acceptors (Lipinski definition) is 4. The van der Waals surface area contributed by atoms with Gasteiger partial charge in [-0.15, -0.1) is 0 Å². The zero-order valence-corrected chi connectivity index (χ0v) is 13.4. The van der Waals surface area contributed by atoms with E-state index in [-0.39, 0.29) is 23.2 Å². The van der Waals surface area contributed by atoms with Gasteiger partial charge in [-0.2, -0.15) is 0 Å². The summed E-state index contributed by atoms with van der Waals surface area (Å²) in [5.41, 5.74) is 1.88. The van der Waals surface area contributed by atoms with Crippen molar-refractivity contribution in [3.05, 3.63) is 74.8 Å². The lowest BCUT2D eigenvalue weighted by atomic mass is 9.96. The largest absolute Gasteiger partial charge is 0.396 e. The van der Waals surface area contributed by atoms with E-state index in [1.807, 2.05) is 30.3 Å². The van der Waals surface area contributed by atoms with Crippen LogP contribution in [0.3, 0.4) is 0 Å². The van der Waals surface area contributed by atoms with Crippen LogP contribution in [0.15, 0.2) is 48.5 Å². The Morgan fingerprint density at radius 1 is 1.22 bits per heavy atom. The molecule has 0 amide bonds. The topological polar surface area (TPSA) is 75.4 Å². The predicted molar refractivity (Wildman–Crippen MR) is 90.7 cm³/mol. The van der Waals surface area contributed by atoms with E-state index in [4.69, 9.17) is 11.6 Å². The number of hydrogen-bond donors (Lipinski definition) is 2. The maximum Gasteiger partial charge on any atom is 0.288 e. The Morgan fingerprint density at radius 3 is 2.61 bits per heavy atom. The first-order valence-corrected chi connectivity index (χ1v) is 7.79. The van der Waals surface area contributed by atoms with Gasteiger partial charge in [0.2, 0.25) is 0 Å². The molecule has 0 saturated carbocycles. The number of nitrogens with zero attached hydrogens (tertiary/aromatic N) is 1. The lowest BCUT2D eigenvalue weighted by molar-refractivity contribution is -0.384. The third-order valence-corrected chi connectivity index (χ3v) is 4.00. The van der Waals surface area contributed by atoms with E-state index in [1.54, 1.807) is 12.1 Å². The van der Waals surface area contributed by atoms with Gasteiger partial charge in [0.15, 0.2) is 0 Å². The molecule has 2 rings (SSSR count). The molecule has 6 heteroatoms. The SMILES string of the molecule is O=[N+]([O-])c1cc(CNCC(CCO)c2ccccc2)ccc1Cl. The Morgan fingerprint density at radius 2 is 1.96 bits per heavy atom. The van der Waals surface area contributed by atoms with Gasteiger partial charge in [0.05, 0.1) is 4.92 Å². The molecule has 0 aliphatic heterocycles. The van der Waals surface area contributed by atoms with Crippen molar-refractivity contribution in [2.75, 3.05) is 13.2 Å². The monoisotopic (exact) mass is 334 g/mol. The minimum absolute atomic E-state index is 0.0825. The summed E-state index contributed by atoms with van der Waals surface area (Å²) < 4.78 is 0. The van der Waals surface area contributed by atoms with Crippen molar-refractivity contribution in [1.82, 2.24) is 5.32 Å². The van der Waals surface area contributed by atoms with Crippen molar-refractivity contribution < 1.29 is 10.0 Å². The molecule has 0 fully saturated rings. The number of aliphatic hydroxyl groups is 1. The van der Waals surface area contributed by atoms with Crippen LogP contribution in [-0.4, -0.2) is 23.2 Å². The summed E-state index contributed by atoms with van der Waals surface area (Å²) >= 11 is 5.81. The fraction of sp³-hybridized carbons (Fsp3) is 0.294. The molecule has 0 aliphatic rings. The second-order valence-corrected chi connectivity index (χ2v) is 5.70. The summed E-state index contributed by atoms with van der Waals surface area (Å²) in [5, 5.41) is 23.6. The molecule has 0 heterocycles. The van der Waals surface area contributed by atoms with Crippen LogP contribution in [0.4, 0.5) is 5.69 Å². The molecule has 2 N–H and O–H groups in total. The molecule has 0 radical (unpaired) electrons. The maximum atomic E-state index is 10.9. The molecule has 2 aromatic carbocycles. The van der Waals surface area contributed by atoms with E-state index in [1.165, 1.54) is 6.07 Å². The average molecular weight is 335 g/mol. The van der Waals surface area contributed by atoms with Crippen molar-refractivity contribution in [3.63, 3.8) is 0 Å². The number of halogens is 1. The van der Waals surface area contributed by atoms with Gasteiger partial charge in [0.1, 0.15) is 5.02 Å². The number of nitrogens with one attached hydrogen (secondary N) is 1. The Hall–Kier alpha value is -1.95. The first-order chi connectivity index (χ1) is 11.1. The molecule has 1 atom stereocenters. The smallest absolute Gasteiger partial charge is 0.288 e. The van der Waals surface area contributed by atoms with Gasteiger partial charge in [-0.25, -0.2) is 0 Å². The number of nitro groups is 1.